The lowest BCUT2D eigenvalue weighted by atomic mass is 10.1. The maximum atomic E-state index is 12.2. The van der Waals surface area contributed by atoms with Gasteiger partial charge in [-0.3, -0.25) is 4.79 Å². The Hall–Kier alpha value is -5.17. The van der Waals surface area contributed by atoms with Crippen LogP contribution in [0, 0.1) is 0 Å². The van der Waals surface area contributed by atoms with Crippen molar-refractivity contribution in [1.82, 2.24) is 15.2 Å². The first-order chi connectivity index (χ1) is 18.7. The minimum absolute atomic E-state index is 0.137. The summed E-state index contributed by atoms with van der Waals surface area (Å²) in [5, 5.41) is 8.94. The first-order valence-corrected chi connectivity index (χ1v) is 12.2. The van der Waals surface area contributed by atoms with Gasteiger partial charge in [0.25, 0.3) is 5.91 Å². The molecule has 0 bridgehead atoms. The normalized spacial score (nSPS) is 10.8. The Bertz CT molecular complexity index is 1480. The Morgan fingerprint density at radius 1 is 0.789 bits per heavy atom. The van der Waals surface area contributed by atoms with Crippen molar-refractivity contribution in [2.24, 2.45) is 5.10 Å². The van der Waals surface area contributed by atoms with Crippen molar-refractivity contribution < 1.29 is 14.3 Å². The lowest BCUT2D eigenvalue weighted by molar-refractivity contribution is -0.123. The van der Waals surface area contributed by atoms with Gasteiger partial charge in [-0.15, -0.1) is 0 Å². The summed E-state index contributed by atoms with van der Waals surface area (Å²) in [6.45, 7) is 0.357. The maximum absolute atomic E-state index is 12.2. The third-order valence-electron chi connectivity index (χ3n) is 5.65. The second kappa shape index (κ2) is 12.2. The molecule has 0 aliphatic rings. The van der Waals surface area contributed by atoms with E-state index in [9.17, 15) is 4.79 Å². The number of hydrogen-bond donors (Lipinski definition) is 1. The van der Waals surface area contributed by atoms with Gasteiger partial charge < -0.3 is 9.47 Å². The number of benzene rings is 4. The Morgan fingerprint density at radius 3 is 2.13 bits per heavy atom. The summed E-state index contributed by atoms with van der Waals surface area (Å²) in [5.74, 6) is 1.03. The van der Waals surface area contributed by atoms with E-state index in [1.165, 1.54) is 0 Å². The van der Waals surface area contributed by atoms with Gasteiger partial charge in [-0.05, 0) is 54.1 Å². The Kier molecular flexibility index (Phi) is 7.86. The van der Waals surface area contributed by atoms with Crippen molar-refractivity contribution in [3.05, 3.63) is 133 Å². The topological polar surface area (TPSA) is 77.7 Å². The molecule has 5 aromatic rings. The number of hydrazone groups is 1. The number of ether oxygens (including phenoxy) is 2. The highest BCUT2D eigenvalue weighted by atomic mass is 16.5. The number of carbonyl (C=O) groups is 1. The highest BCUT2D eigenvalue weighted by molar-refractivity contribution is 5.89. The highest BCUT2D eigenvalue weighted by Gasteiger charge is 2.12. The summed E-state index contributed by atoms with van der Waals surface area (Å²) < 4.78 is 13.2. The van der Waals surface area contributed by atoms with E-state index in [0.29, 0.717) is 12.4 Å². The van der Waals surface area contributed by atoms with Gasteiger partial charge >= 0.3 is 0 Å². The number of hydrogen-bond acceptors (Lipinski definition) is 5. The standard InChI is InChI=1S/C31H26N4O3/c36-30(23-38-28-14-8-3-9-15-28)33-32-20-26-21-35(27-12-6-2-7-13-27)34-31(26)25-16-18-29(19-17-25)37-22-24-10-4-1-5-11-24/h1-21H,22-23H2,(H,33,36)/b32-20+. The van der Waals surface area contributed by atoms with Gasteiger partial charge in [0.2, 0.25) is 0 Å². The first-order valence-electron chi connectivity index (χ1n) is 12.2. The lowest BCUT2D eigenvalue weighted by Gasteiger charge is -2.07. The van der Waals surface area contributed by atoms with Crippen molar-refractivity contribution in [3.63, 3.8) is 0 Å². The quantitative estimate of drug-likeness (QED) is 0.198. The molecule has 188 valence electrons. The van der Waals surface area contributed by atoms with Crippen LogP contribution in [0.15, 0.2) is 127 Å². The molecule has 1 N–H and O–H groups in total. The number of amides is 1. The van der Waals surface area contributed by atoms with Gasteiger partial charge in [0, 0.05) is 17.3 Å². The van der Waals surface area contributed by atoms with Gasteiger partial charge in [-0.1, -0.05) is 66.7 Å². The average molecular weight is 503 g/mol. The average Bonchev–Trinajstić information content (AvgIpc) is 3.41. The molecule has 5 rings (SSSR count). The van der Waals surface area contributed by atoms with E-state index in [1.54, 1.807) is 23.0 Å². The SMILES string of the molecule is O=C(COc1ccccc1)N/N=C/c1cn(-c2ccccc2)nc1-c1ccc(OCc2ccccc2)cc1. The zero-order chi connectivity index (χ0) is 26.0. The van der Waals surface area contributed by atoms with Crippen molar-refractivity contribution in [2.75, 3.05) is 6.61 Å². The largest absolute Gasteiger partial charge is 0.489 e. The van der Waals surface area contributed by atoms with Crippen LogP contribution in [-0.2, 0) is 11.4 Å². The first kappa shape index (κ1) is 24.5. The van der Waals surface area contributed by atoms with Crippen molar-refractivity contribution in [1.29, 1.82) is 0 Å². The number of rotatable bonds is 10. The summed E-state index contributed by atoms with van der Waals surface area (Å²) >= 11 is 0. The van der Waals surface area contributed by atoms with E-state index in [4.69, 9.17) is 14.6 Å². The van der Waals surface area contributed by atoms with Crippen molar-refractivity contribution >= 4 is 12.1 Å². The van der Waals surface area contributed by atoms with E-state index in [1.807, 2.05) is 109 Å². The lowest BCUT2D eigenvalue weighted by Crippen LogP contribution is -2.24. The maximum Gasteiger partial charge on any atom is 0.277 e. The third-order valence-corrected chi connectivity index (χ3v) is 5.65. The third kappa shape index (κ3) is 6.53. The zero-order valence-electron chi connectivity index (χ0n) is 20.6. The van der Waals surface area contributed by atoms with Crippen LogP contribution in [0.5, 0.6) is 11.5 Å². The van der Waals surface area contributed by atoms with Crippen LogP contribution in [0.3, 0.4) is 0 Å². The fraction of sp³-hybridized carbons (Fsp3) is 0.0645. The Balaban J connectivity index is 1.30. The Labute approximate surface area is 221 Å². The second-order valence-electron chi connectivity index (χ2n) is 8.41. The monoisotopic (exact) mass is 502 g/mol. The van der Waals surface area contributed by atoms with Crippen LogP contribution in [0.2, 0.25) is 0 Å². The van der Waals surface area contributed by atoms with Gasteiger partial charge in [0.15, 0.2) is 6.61 Å². The molecule has 0 radical (unpaired) electrons. The van der Waals surface area contributed by atoms with Crippen LogP contribution in [0.4, 0.5) is 0 Å². The molecule has 7 nitrogen and oxygen atoms in total. The van der Waals surface area contributed by atoms with E-state index in [0.717, 1.165) is 33.8 Å². The molecule has 1 amide bonds. The predicted molar refractivity (Wildman–Crippen MR) is 147 cm³/mol. The molecule has 0 aliphatic heterocycles. The summed E-state index contributed by atoms with van der Waals surface area (Å²) in [4.78, 5) is 12.2. The minimum atomic E-state index is -0.359. The van der Waals surface area contributed by atoms with Gasteiger partial charge in [-0.2, -0.15) is 10.2 Å². The molecule has 0 aliphatic carbocycles. The molecular formula is C31H26N4O3. The molecule has 0 spiro atoms. The molecule has 0 saturated carbocycles. The summed E-state index contributed by atoms with van der Waals surface area (Å²) in [5.41, 5.74) is 6.90. The minimum Gasteiger partial charge on any atom is -0.489 e. The van der Waals surface area contributed by atoms with Crippen molar-refractivity contribution in [2.45, 2.75) is 6.61 Å². The van der Waals surface area contributed by atoms with Crippen LogP contribution < -0.4 is 14.9 Å². The molecule has 7 heteroatoms. The van der Waals surface area contributed by atoms with Crippen molar-refractivity contribution in [3.8, 4) is 28.4 Å². The number of nitrogens with zero attached hydrogens (tertiary/aromatic N) is 3. The molecule has 4 aromatic carbocycles. The van der Waals surface area contributed by atoms with E-state index in [-0.39, 0.29) is 12.5 Å². The van der Waals surface area contributed by atoms with E-state index >= 15 is 0 Å². The van der Waals surface area contributed by atoms with Crippen LogP contribution in [0.1, 0.15) is 11.1 Å². The molecule has 0 fully saturated rings. The number of nitrogens with one attached hydrogen (secondary N) is 1. The molecule has 0 unspecified atom stereocenters. The molecule has 1 heterocycles. The fourth-order valence-electron chi connectivity index (χ4n) is 3.74. The van der Waals surface area contributed by atoms with E-state index in [2.05, 4.69) is 10.5 Å². The fourth-order valence-corrected chi connectivity index (χ4v) is 3.74. The smallest absolute Gasteiger partial charge is 0.277 e. The molecule has 0 atom stereocenters. The molecule has 1 aromatic heterocycles. The van der Waals surface area contributed by atoms with E-state index < -0.39 is 0 Å². The summed E-state index contributed by atoms with van der Waals surface area (Å²) in [6, 6.07) is 36.8. The van der Waals surface area contributed by atoms with Gasteiger partial charge in [-0.25, -0.2) is 10.1 Å². The number of para-hydroxylation sites is 2. The molecule has 38 heavy (non-hydrogen) atoms. The number of carbonyl (C=O) groups excluding carboxylic acids is 1. The second-order valence-corrected chi connectivity index (χ2v) is 8.41. The van der Waals surface area contributed by atoms with Gasteiger partial charge in [0.05, 0.1) is 11.9 Å². The van der Waals surface area contributed by atoms with Crippen LogP contribution in [-0.4, -0.2) is 28.5 Å². The summed E-state index contributed by atoms with van der Waals surface area (Å²) in [7, 11) is 0. The molecular weight excluding hydrogens is 476 g/mol. The highest BCUT2D eigenvalue weighted by Crippen LogP contribution is 2.25. The summed E-state index contributed by atoms with van der Waals surface area (Å²) in [6.07, 6.45) is 3.46. The van der Waals surface area contributed by atoms with Gasteiger partial charge in [0.1, 0.15) is 23.8 Å². The predicted octanol–water partition coefficient (Wildman–Crippen LogP) is 5.65. The Morgan fingerprint density at radius 2 is 1.42 bits per heavy atom. The van der Waals surface area contributed by atoms with Crippen LogP contribution >= 0.6 is 0 Å². The van der Waals surface area contributed by atoms with Crippen LogP contribution in [0.25, 0.3) is 16.9 Å². The number of aromatic nitrogens is 2. The zero-order valence-corrected chi connectivity index (χ0v) is 20.6. The molecule has 0 saturated heterocycles.